The fourth-order valence-electron chi connectivity index (χ4n) is 2.25. The molecule has 0 fully saturated rings. The Morgan fingerprint density at radius 3 is 2.68 bits per heavy atom. The van der Waals surface area contributed by atoms with Gasteiger partial charge in [0.05, 0.1) is 16.3 Å². The highest BCUT2D eigenvalue weighted by atomic mass is 35.5. The van der Waals surface area contributed by atoms with Crippen molar-refractivity contribution in [2.45, 2.75) is 4.90 Å². The number of para-hydroxylation sites is 1. The smallest absolute Gasteiger partial charge is 0.338 e. The fraction of sp³-hybridized carbons (Fsp3) is 0.133. The SMILES string of the molecule is O=C(O)c1cc(S(=O)(=O)Nc2cccc3c2OCCO3)c(Cl)cc1F. The summed E-state index contributed by atoms with van der Waals surface area (Å²) in [6, 6.07) is 5.91. The standard InChI is InChI=1S/C15H11ClFNO6S/c16-9-7-10(17)8(15(19)20)6-13(9)25(21,22)18-11-2-1-3-12-14(11)24-5-4-23-12/h1-3,6-7,18H,4-5H2,(H,19,20). The highest BCUT2D eigenvalue weighted by Gasteiger charge is 2.25. The van der Waals surface area contributed by atoms with E-state index < -0.39 is 37.3 Å². The van der Waals surface area contributed by atoms with Gasteiger partial charge in [-0.25, -0.2) is 17.6 Å². The molecule has 25 heavy (non-hydrogen) atoms. The number of benzene rings is 2. The second-order valence-corrected chi connectivity index (χ2v) is 7.06. The number of carbonyl (C=O) groups is 1. The second-order valence-electron chi connectivity index (χ2n) is 5.00. The number of sulfonamides is 1. The molecule has 0 spiro atoms. The van der Waals surface area contributed by atoms with Gasteiger partial charge in [0.1, 0.15) is 23.9 Å². The molecule has 0 unspecified atom stereocenters. The Balaban J connectivity index is 2.04. The van der Waals surface area contributed by atoms with E-state index in [1.165, 1.54) is 6.07 Å². The molecule has 0 aliphatic carbocycles. The molecule has 2 aromatic carbocycles. The minimum Gasteiger partial charge on any atom is -0.486 e. The van der Waals surface area contributed by atoms with E-state index in [0.717, 1.165) is 0 Å². The van der Waals surface area contributed by atoms with Crippen molar-refractivity contribution in [1.82, 2.24) is 0 Å². The number of halogens is 2. The van der Waals surface area contributed by atoms with E-state index in [4.69, 9.17) is 26.2 Å². The van der Waals surface area contributed by atoms with Crippen molar-refractivity contribution in [2.75, 3.05) is 17.9 Å². The third kappa shape index (κ3) is 3.33. The topological polar surface area (TPSA) is 102 Å². The molecule has 10 heteroatoms. The summed E-state index contributed by atoms with van der Waals surface area (Å²) in [5.41, 5.74) is -0.714. The van der Waals surface area contributed by atoms with Crippen LogP contribution in [0.15, 0.2) is 35.2 Å². The summed E-state index contributed by atoms with van der Waals surface area (Å²) in [7, 11) is -4.30. The van der Waals surface area contributed by atoms with Gasteiger partial charge in [-0.3, -0.25) is 4.72 Å². The maximum atomic E-state index is 13.6. The van der Waals surface area contributed by atoms with E-state index >= 15 is 0 Å². The Morgan fingerprint density at radius 1 is 1.24 bits per heavy atom. The summed E-state index contributed by atoms with van der Waals surface area (Å²) in [6.07, 6.45) is 0. The third-order valence-electron chi connectivity index (χ3n) is 3.35. The molecule has 2 aromatic rings. The van der Waals surface area contributed by atoms with E-state index in [-0.39, 0.29) is 18.0 Å². The number of rotatable bonds is 4. The Bertz CT molecular complexity index is 963. The average Bonchev–Trinajstić information content (AvgIpc) is 2.54. The van der Waals surface area contributed by atoms with Crippen LogP contribution in [0.4, 0.5) is 10.1 Å². The van der Waals surface area contributed by atoms with E-state index in [1.54, 1.807) is 12.1 Å². The van der Waals surface area contributed by atoms with Crippen molar-refractivity contribution in [1.29, 1.82) is 0 Å². The molecule has 1 aliphatic heterocycles. The quantitative estimate of drug-likeness (QED) is 0.836. The van der Waals surface area contributed by atoms with Crippen LogP contribution in [-0.4, -0.2) is 32.7 Å². The van der Waals surface area contributed by atoms with E-state index in [2.05, 4.69) is 4.72 Å². The predicted molar refractivity (Wildman–Crippen MR) is 86.6 cm³/mol. The van der Waals surface area contributed by atoms with Gasteiger partial charge in [0, 0.05) is 0 Å². The molecule has 1 heterocycles. The van der Waals surface area contributed by atoms with Crippen LogP contribution in [0.5, 0.6) is 11.5 Å². The van der Waals surface area contributed by atoms with Crippen molar-refractivity contribution in [3.8, 4) is 11.5 Å². The first kappa shape index (κ1) is 17.3. The largest absolute Gasteiger partial charge is 0.486 e. The highest BCUT2D eigenvalue weighted by Crippen LogP contribution is 2.38. The Kier molecular flexibility index (Phi) is 4.44. The molecular weight excluding hydrogens is 377 g/mol. The number of aromatic carboxylic acids is 1. The minimum atomic E-state index is -4.30. The first-order valence-corrected chi connectivity index (χ1v) is 8.79. The zero-order valence-electron chi connectivity index (χ0n) is 12.5. The Hall–Kier alpha value is -2.52. The molecule has 1 aliphatic rings. The number of nitrogens with one attached hydrogen (secondary N) is 1. The van der Waals surface area contributed by atoms with Crippen LogP contribution in [0, 0.1) is 5.82 Å². The van der Waals surface area contributed by atoms with Crippen LogP contribution in [0.25, 0.3) is 0 Å². The lowest BCUT2D eigenvalue weighted by Gasteiger charge is -2.21. The Labute approximate surface area is 147 Å². The van der Waals surface area contributed by atoms with Gasteiger partial charge >= 0.3 is 5.97 Å². The molecule has 0 aromatic heterocycles. The van der Waals surface area contributed by atoms with Gasteiger partial charge in [0.25, 0.3) is 10.0 Å². The van der Waals surface area contributed by atoms with E-state index in [9.17, 15) is 17.6 Å². The average molecular weight is 388 g/mol. The lowest BCUT2D eigenvalue weighted by molar-refractivity contribution is 0.0691. The van der Waals surface area contributed by atoms with E-state index in [0.29, 0.717) is 24.5 Å². The number of fused-ring (bicyclic) bond motifs is 1. The van der Waals surface area contributed by atoms with Crippen molar-refractivity contribution in [3.63, 3.8) is 0 Å². The molecule has 3 rings (SSSR count). The van der Waals surface area contributed by atoms with Crippen molar-refractivity contribution < 1.29 is 32.2 Å². The van der Waals surface area contributed by atoms with Crippen molar-refractivity contribution >= 4 is 33.3 Å². The summed E-state index contributed by atoms with van der Waals surface area (Å²) >= 11 is 5.79. The summed E-state index contributed by atoms with van der Waals surface area (Å²) in [6.45, 7) is 0.571. The highest BCUT2D eigenvalue weighted by molar-refractivity contribution is 7.92. The number of ether oxygens (including phenoxy) is 2. The molecule has 0 saturated carbocycles. The first-order valence-electron chi connectivity index (χ1n) is 6.93. The molecule has 7 nitrogen and oxygen atoms in total. The molecular formula is C15H11ClFNO6S. The number of carboxylic acid groups (broad SMARTS) is 1. The van der Waals surface area contributed by atoms with Crippen LogP contribution < -0.4 is 14.2 Å². The monoisotopic (exact) mass is 387 g/mol. The molecule has 0 bridgehead atoms. The first-order chi connectivity index (χ1) is 11.8. The molecule has 0 amide bonds. The van der Waals surface area contributed by atoms with Crippen LogP contribution in [0.2, 0.25) is 5.02 Å². The van der Waals surface area contributed by atoms with Gasteiger partial charge in [-0.15, -0.1) is 0 Å². The zero-order valence-corrected chi connectivity index (χ0v) is 14.0. The summed E-state index contributed by atoms with van der Waals surface area (Å²) in [4.78, 5) is 10.5. The molecule has 0 radical (unpaired) electrons. The lowest BCUT2D eigenvalue weighted by Crippen LogP contribution is -2.19. The van der Waals surface area contributed by atoms with Crippen molar-refractivity contribution in [2.24, 2.45) is 0 Å². The number of hydrogen-bond donors (Lipinski definition) is 2. The zero-order chi connectivity index (χ0) is 18.2. The second kappa shape index (κ2) is 6.41. The predicted octanol–water partition coefficient (Wildman–Crippen LogP) is 2.75. The Morgan fingerprint density at radius 2 is 1.96 bits per heavy atom. The van der Waals surface area contributed by atoms with E-state index in [1.807, 2.05) is 0 Å². The third-order valence-corrected chi connectivity index (χ3v) is 5.18. The summed E-state index contributed by atoms with van der Waals surface area (Å²) < 4.78 is 51.8. The molecule has 2 N–H and O–H groups in total. The summed E-state index contributed by atoms with van der Waals surface area (Å²) in [5.74, 6) is -2.18. The van der Waals surface area contributed by atoms with Crippen LogP contribution >= 0.6 is 11.6 Å². The van der Waals surface area contributed by atoms with Gasteiger partial charge in [-0.1, -0.05) is 17.7 Å². The van der Waals surface area contributed by atoms with Crippen LogP contribution in [-0.2, 0) is 10.0 Å². The van der Waals surface area contributed by atoms with Gasteiger partial charge in [-0.2, -0.15) is 0 Å². The number of anilines is 1. The van der Waals surface area contributed by atoms with Crippen LogP contribution in [0.3, 0.4) is 0 Å². The van der Waals surface area contributed by atoms with Gasteiger partial charge in [0.15, 0.2) is 11.5 Å². The van der Waals surface area contributed by atoms with Gasteiger partial charge in [0.2, 0.25) is 0 Å². The normalized spacial score (nSPS) is 13.4. The van der Waals surface area contributed by atoms with Crippen molar-refractivity contribution in [3.05, 3.63) is 46.7 Å². The number of carboxylic acids is 1. The maximum absolute atomic E-state index is 13.6. The molecule has 132 valence electrons. The molecule has 0 saturated heterocycles. The van der Waals surface area contributed by atoms with Gasteiger partial charge < -0.3 is 14.6 Å². The maximum Gasteiger partial charge on any atom is 0.338 e. The fourth-order valence-corrected chi connectivity index (χ4v) is 3.86. The van der Waals surface area contributed by atoms with Gasteiger partial charge in [-0.05, 0) is 24.3 Å². The minimum absolute atomic E-state index is 0.0921. The van der Waals surface area contributed by atoms with Crippen LogP contribution in [0.1, 0.15) is 10.4 Å². The molecule has 0 atom stereocenters. The number of hydrogen-bond acceptors (Lipinski definition) is 5. The lowest BCUT2D eigenvalue weighted by atomic mass is 10.2. The summed E-state index contributed by atoms with van der Waals surface area (Å²) in [5, 5.41) is 8.51.